The second-order valence-electron chi connectivity index (χ2n) is 8.02. The minimum absolute atomic E-state index is 0.00861. The lowest BCUT2D eigenvalue weighted by molar-refractivity contribution is -0.134. The Kier molecular flexibility index (Phi) is 6.91. The van der Waals surface area contributed by atoms with E-state index in [1.807, 2.05) is 30.9 Å². The molecule has 1 aromatic carbocycles. The average Bonchev–Trinajstić information content (AvgIpc) is 3.21. The number of benzene rings is 1. The van der Waals surface area contributed by atoms with Gasteiger partial charge in [-0.1, -0.05) is 26.0 Å². The highest BCUT2D eigenvalue weighted by molar-refractivity contribution is 5.85. The summed E-state index contributed by atoms with van der Waals surface area (Å²) in [4.78, 5) is 25.9. The molecule has 2 atom stereocenters. The summed E-state index contributed by atoms with van der Waals surface area (Å²) in [5, 5.41) is 2.72. The van der Waals surface area contributed by atoms with Crippen LogP contribution in [0.2, 0.25) is 0 Å². The van der Waals surface area contributed by atoms with E-state index in [0.717, 1.165) is 38.2 Å². The Balaban J connectivity index is 1.53. The van der Waals surface area contributed by atoms with Gasteiger partial charge in [0.2, 0.25) is 11.8 Å². The molecule has 7 nitrogen and oxygen atoms in total. The lowest BCUT2D eigenvalue weighted by Crippen LogP contribution is -2.48. The summed E-state index contributed by atoms with van der Waals surface area (Å²) in [6, 6.07) is 8.62. The molecular formula is C21H32N4O3. The number of hydrogen-bond donors (Lipinski definition) is 3. The predicted molar refractivity (Wildman–Crippen MR) is 108 cm³/mol. The van der Waals surface area contributed by atoms with Gasteiger partial charge < -0.3 is 15.0 Å². The van der Waals surface area contributed by atoms with Gasteiger partial charge in [-0.05, 0) is 36.5 Å². The second kappa shape index (κ2) is 9.39. The molecule has 0 spiro atoms. The number of hydrogen-bond acceptors (Lipinski definition) is 5. The Morgan fingerprint density at radius 3 is 2.71 bits per heavy atom. The molecular weight excluding hydrogens is 356 g/mol. The molecule has 2 unspecified atom stereocenters. The first-order chi connectivity index (χ1) is 13.5. The quantitative estimate of drug-likeness (QED) is 0.684. The molecule has 3 N–H and O–H groups in total. The summed E-state index contributed by atoms with van der Waals surface area (Å²) in [5.74, 6) is 1.59. The molecule has 2 amide bonds. The topological polar surface area (TPSA) is 82.7 Å². The van der Waals surface area contributed by atoms with Crippen LogP contribution in [0.4, 0.5) is 0 Å². The van der Waals surface area contributed by atoms with Crippen molar-refractivity contribution in [3.05, 3.63) is 29.8 Å². The number of ether oxygens (including phenoxy) is 1. The highest BCUT2D eigenvalue weighted by Crippen LogP contribution is 2.33. The summed E-state index contributed by atoms with van der Waals surface area (Å²) < 4.78 is 5.38. The smallest absolute Gasteiger partial charge is 0.241 e. The number of piperidine rings is 1. The molecule has 154 valence electrons. The van der Waals surface area contributed by atoms with E-state index in [2.05, 4.69) is 28.3 Å². The fraction of sp³-hybridized carbons (Fsp3) is 0.619. The third-order valence-corrected chi connectivity index (χ3v) is 5.88. The van der Waals surface area contributed by atoms with E-state index in [9.17, 15) is 9.59 Å². The molecule has 2 aliphatic rings. The minimum Gasteiger partial charge on any atom is -0.497 e. The van der Waals surface area contributed by atoms with E-state index >= 15 is 0 Å². The van der Waals surface area contributed by atoms with Crippen LogP contribution in [0.1, 0.15) is 38.2 Å². The summed E-state index contributed by atoms with van der Waals surface area (Å²) in [6.45, 7) is 6.11. The zero-order chi connectivity index (χ0) is 20.1. The molecule has 0 aliphatic carbocycles. The fourth-order valence-electron chi connectivity index (χ4n) is 4.14. The van der Waals surface area contributed by atoms with Crippen molar-refractivity contribution in [3.63, 3.8) is 0 Å². The van der Waals surface area contributed by atoms with Crippen molar-refractivity contribution in [2.24, 2.45) is 11.8 Å². The molecule has 0 aromatic heterocycles. The highest BCUT2D eigenvalue weighted by Gasteiger charge is 2.37. The maximum atomic E-state index is 12.4. The fourth-order valence-corrected chi connectivity index (χ4v) is 4.14. The maximum Gasteiger partial charge on any atom is 0.241 e. The van der Waals surface area contributed by atoms with Crippen molar-refractivity contribution in [1.29, 1.82) is 0 Å². The Bertz CT molecular complexity index is 686. The SMILES string of the molecule is COc1cccc(C2CNNC2C2CCN(C(=O)CNC(=O)C(C)C)CC2)c1. The number of methoxy groups -OCH3 is 1. The van der Waals surface area contributed by atoms with Gasteiger partial charge in [-0.2, -0.15) is 0 Å². The molecule has 2 heterocycles. The minimum atomic E-state index is -0.104. The number of amides is 2. The largest absolute Gasteiger partial charge is 0.497 e. The Morgan fingerprint density at radius 2 is 2.04 bits per heavy atom. The summed E-state index contributed by atoms with van der Waals surface area (Å²) in [5.41, 5.74) is 8.05. The summed E-state index contributed by atoms with van der Waals surface area (Å²) >= 11 is 0. The number of hydrazine groups is 1. The monoisotopic (exact) mass is 388 g/mol. The molecule has 0 radical (unpaired) electrons. The van der Waals surface area contributed by atoms with E-state index in [1.165, 1.54) is 5.56 Å². The summed E-state index contributed by atoms with van der Waals surface area (Å²) in [7, 11) is 1.69. The predicted octanol–water partition coefficient (Wildman–Crippen LogP) is 1.27. The van der Waals surface area contributed by atoms with Crippen LogP contribution in [0.5, 0.6) is 5.75 Å². The third kappa shape index (κ3) is 4.83. The van der Waals surface area contributed by atoms with Crippen molar-refractivity contribution in [2.45, 2.75) is 38.6 Å². The first-order valence-corrected chi connectivity index (χ1v) is 10.2. The standard InChI is InChI=1S/C21H32N4O3/c1-14(2)21(27)22-13-19(26)25-9-7-15(8-10-25)20-18(12-23-24-20)16-5-4-6-17(11-16)28-3/h4-6,11,14-15,18,20,23-24H,7-10,12-13H2,1-3H3,(H,22,27). The van der Waals surface area contributed by atoms with Gasteiger partial charge >= 0.3 is 0 Å². The number of carbonyl (C=O) groups excluding carboxylic acids is 2. The van der Waals surface area contributed by atoms with Crippen LogP contribution < -0.4 is 20.9 Å². The number of nitrogens with zero attached hydrogens (tertiary/aromatic N) is 1. The number of nitrogens with one attached hydrogen (secondary N) is 3. The zero-order valence-corrected chi connectivity index (χ0v) is 17.0. The van der Waals surface area contributed by atoms with Gasteiger partial charge in [-0.3, -0.25) is 20.4 Å². The summed E-state index contributed by atoms with van der Waals surface area (Å²) in [6.07, 6.45) is 1.92. The van der Waals surface area contributed by atoms with Gasteiger partial charge in [-0.25, -0.2) is 0 Å². The molecule has 0 saturated carbocycles. The van der Waals surface area contributed by atoms with E-state index < -0.39 is 0 Å². The molecule has 2 aliphatic heterocycles. The molecule has 2 saturated heterocycles. The number of carbonyl (C=O) groups is 2. The van der Waals surface area contributed by atoms with E-state index in [1.54, 1.807) is 7.11 Å². The Morgan fingerprint density at radius 1 is 1.29 bits per heavy atom. The van der Waals surface area contributed by atoms with Crippen molar-refractivity contribution in [2.75, 3.05) is 33.3 Å². The van der Waals surface area contributed by atoms with Crippen LogP contribution in [-0.2, 0) is 9.59 Å². The van der Waals surface area contributed by atoms with Crippen molar-refractivity contribution in [1.82, 2.24) is 21.1 Å². The number of rotatable bonds is 6. The Labute approximate surface area is 167 Å². The van der Waals surface area contributed by atoms with Crippen LogP contribution in [-0.4, -0.2) is 56.0 Å². The van der Waals surface area contributed by atoms with Crippen LogP contribution in [0.25, 0.3) is 0 Å². The van der Waals surface area contributed by atoms with Gasteiger partial charge in [0, 0.05) is 37.5 Å². The van der Waals surface area contributed by atoms with E-state index in [0.29, 0.717) is 17.9 Å². The lowest BCUT2D eigenvalue weighted by atomic mass is 9.80. The first-order valence-electron chi connectivity index (χ1n) is 10.2. The number of likely N-dealkylation sites (tertiary alicyclic amines) is 1. The van der Waals surface area contributed by atoms with E-state index in [4.69, 9.17) is 4.74 Å². The normalized spacial score (nSPS) is 23.1. The van der Waals surface area contributed by atoms with Crippen LogP contribution in [0.15, 0.2) is 24.3 Å². The van der Waals surface area contributed by atoms with Gasteiger partial charge in [-0.15, -0.1) is 0 Å². The van der Waals surface area contributed by atoms with Gasteiger partial charge in [0.1, 0.15) is 5.75 Å². The van der Waals surface area contributed by atoms with Crippen molar-refractivity contribution in [3.8, 4) is 5.75 Å². The highest BCUT2D eigenvalue weighted by atomic mass is 16.5. The maximum absolute atomic E-state index is 12.4. The van der Waals surface area contributed by atoms with Gasteiger partial charge in [0.05, 0.1) is 13.7 Å². The van der Waals surface area contributed by atoms with Crippen molar-refractivity contribution >= 4 is 11.8 Å². The van der Waals surface area contributed by atoms with E-state index in [-0.39, 0.29) is 24.3 Å². The molecule has 2 fully saturated rings. The molecule has 0 bridgehead atoms. The third-order valence-electron chi connectivity index (χ3n) is 5.88. The first kappa shape index (κ1) is 20.6. The van der Waals surface area contributed by atoms with Crippen LogP contribution in [0.3, 0.4) is 0 Å². The Hall–Kier alpha value is -2.12. The van der Waals surface area contributed by atoms with Gasteiger partial charge in [0.15, 0.2) is 0 Å². The molecule has 3 rings (SSSR count). The second-order valence-corrected chi connectivity index (χ2v) is 8.02. The molecule has 7 heteroatoms. The lowest BCUT2D eigenvalue weighted by Gasteiger charge is -2.36. The van der Waals surface area contributed by atoms with Gasteiger partial charge in [0.25, 0.3) is 0 Å². The average molecular weight is 389 g/mol. The van der Waals surface area contributed by atoms with Crippen molar-refractivity contribution < 1.29 is 14.3 Å². The molecule has 28 heavy (non-hydrogen) atoms. The molecule has 1 aromatic rings. The van der Waals surface area contributed by atoms with Crippen LogP contribution in [0, 0.1) is 11.8 Å². The van der Waals surface area contributed by atoms with Crippen LogP contribution >= 0.6 is 0 Å². The zero-order valence-electron chi connectivity index (χ0n) is 17.0.